The molecule has 2 aromatic rings. The second-order valence-electron chi connectivity index (χ2n) is 7.29. The molecule has 1 aliphatic heterocycles. The number of fused-ring (bicyclic) bond motifs is 1. The Morgan fingerprint density at radius 3 is 2.57 bits per heavy atom. The van der Waals surface area contributed by atoms with Crippen LogP contribution in [0.1, 0.15) is 36.2 Å². The van der Waals surface area contributed by atoms with Crippen molar-refractivity contribution in [1.29, 1.82) is 0 Å². The Bertz CT molecular complexity index is 956. The standard InChI is InChI=1S/C21H25ClN2O3S/c1-15(2)23-21(25)19-5-3-7-20-18(19)6-4-12-24(20)13-14-28(26,27)17-10-8-16(22)9-11-17/h3,5,7-11,15H,4,6,12-14H2,1-2H3,(H,23,25). The van der Waals surface area contributed by atoms with Crippen molar-refractivity contribution >= 4 is 33.0 Å². The molecule has 0 spiro atoms. The van der Waals surface area contributed by atoms with E-state index in [0.717, 1.165) is 30.6 Å². The normalized spacial score (nSPS) is 14.1. The molecule has 0 unspecified atom stereocenters. The van der Waals surface area contributed by atoms with Crippen LogP contribution in [0.4, 0.5) is 5.69 Å². The summed E-state index contributed by atoms with van der Waals surface area (Å²) in [6.07, 6.45) is 1.71. The predicted octanol–water partition coefficient (Wildman–Crippen LogP) is 3.70. The van der Waals surface area contributed by atoms with Crippen LogP contribution in [0.3, 0.4) is 0 Å². The van der Waals surface area contributed by atoms with Gasteiger partial charge in [-0.1, -0.05) is 17.7 Å². The number of nitrogens with zero attached hydrogens (tertiary/aromatic N) is 1. The molecule has 1 N–H and O–H groups in total. The Morgan fingerprint density at radius 1 is 1.18 bits per heavy atom. The molecule has 0 atom stereocenters. The van der Waals surface area contributed by atoms with Crippen LogP contribution in [-0.4, -0.2) is 39.2 Å². The lowest BCUT2D eigenvalue weighted by atomic mass is 9.95. The number of carbonyl (C=O) groups excluding carboxylic acids is 1. The zero-order valence-corrected chi connectivity index (χ0v) is 17.7. The number of halogens is 1. The number of rotatable bonds is 6. The molecular formula is C21H25ClN2O3S. The van der Waals surface area contributed by atoms with Crippen molar-refractivity contribution in [3.05, 3.63) is 58.6 Å². The first-order chi connectivity index (χ1) is 13.3. The van der Waals surface area contributed by atoms with Crippen molar-refractivity contribution < 1.29 is 13.2 Å². The summed E-state index contributed by atoms with van der Waals surface area (Å²) in [7, 11) is -3.40. The van der Waals surface area contributed by atoms with Crippen molar-refractivity contribution in [3.63, 3.8) is 0 Å². The number of hydrogen-bond acceptors (Lipinski definition) is 4. The first-order valence-electron chi connectivity index (χ1n) is 9.44. The zero-order chi connectivity index (χ0) is 20.3. The maximum absolute atomic E-state index is 12.7. The van der Waals surface area contributed by atoms with Gasteiger partial charge in [0, 0.05) is 35.4 Å². The van der Waals surface area contributed by atoms with Crippen LogP contribution in [0.15, 0.2) is 47.4 Å². The van der Waals surface area contributed by atoms with Gasteiger partial charge in [0.05, 0.1) is 10.6 Å². The van der Waals surface area contributed by atoms with Crippen LogP contribution in [-0.2, 0) is 16.3 Å². The molecule has 0 saturated carbocycles. The quantitative estimate of drug-likeness (QED) is 0.773. The summed E-state index contributed by atoms with van der Waals surface area (Å²) in [5, 5.41) is 3.45. The third kappa shape index (κ3) is 4.67. The van der Waals surface area contributed by atoms with Gasteiger partial charge in [-0.3, -0.25) is 4.79 Å². The summed E-state index contributed by atoms with van der Waals surface area (Å²) in [4.78, 5) is 14.9. The average molecular weight is 421 g/mol. The largest absolute Gasteiger partial charge is 0.370 e. The molecule has 1 heterocycles. The van der Waals surface area contributed by atoms with Crippen LogP contribution in [0.5, 0.6) is 0 Å². The zero-order valence-electron chi connectivity index (χ0n) is 16.1. The lowest BCUT2D eigenvalue weighted by Crippen LogP contribution is -2.36. The molecule has 0 saturated heterocycles. The minimum atomic E-state index is -3.40. The Hall–Kier alpha value is -2.05. The summed E-state index contributed by atoms with van der Waals surface area (Å²) >= 11 is 5.85. The van der Waals surface area contributed by atoms with E-state index in [2.05, 4.69) is 10.2 Å². The lowest BCUT2D eigenvalue weighted by Gasteiger charge is -2.32. The molecule has 5 nitrogen and oxygen atoms in total. The molecular weight excluding hydrogens is 396 g/mol. The van der Waals surface area contributed by atoms with Gasteiger partial charge in [0.2, 0.25) is 0 Å². The molecule has 28 heavy (non-hydrogen) atoms. The monoisotopic (exact) mass is 420 g/mol. The van der Waals surface area contributed by atoms with Crippen molar-refractivity contribution in [2.45, 2.75) is 37.6 Å². The summed E-state index contributed by atoms with van der Waals surface area (Å²) in [6, 6.07) is 12.0. The van der Waals surface area contributed by atoms with Crippen LogP contribution in [0.2, 0.25) is 5.02 Å². The Labute approximate surface area is 171 Å². The number of nitrogens with one attached hydrogen (secondary N) is 1. The number of benzene rings is 2. The fourth-order valence-electron chi connectivity index (χ4n) is 3.48. The molecule has 3 rings (SSSR count). The molecule has 0 radical (unpaired) electrons. The van der Waals surface area contributed by atoms with Crippen LogP contribution in [0.25, 0.3) is 0 Å². The van der Waals surface area contributed by atoms with E-state index >= 15 is 0 Å². The van der Waals surface area contributed by atoms with Crippen molar-refractivity contribution in [3.8, 4) is 0 Å². The highest BCUT2D eigenvalue weighted by molar-refractivity contribution is 7.91. The third-order valence-corrected chi connectivity index (χ3v) is 6.78. The van der Waals surface area contributed by atoms with Gasteiger partial charge in [0.15, 0.2) is 9.84 Å². The highest BCUT2D eigenvalue weighted by Crippen LogP contribution is 2.30. The summed E-state index contributed by atoms with van der Waals surface area (Å²) in [5.41, 5.74) is 2.63. The molecule has 1 amide bonds. The number of amides is 1. The minimum absolute atomic E-state index is 0.0104. The Kier molecular flexibility index (Phi) is 6.30. The molecule has 0 bridgehead atoms. The van der Waals surface area contributed by atoms with E-state index in [4.69, 9.17) is 11.6 Å². The van der Waals surface area contributed by atoms with E-state index in [1.165, 1.54) is 12.1 Å². The first kappa shape index (κ1) is 20.7. The second kappa shape index (κ2) is 8.53. The van der Waals surface area contributed by atoms with Gasteiger partial charge >= 0.3 is 0 Å². The van der Waals surface area contributed by atoms with E-state index < -0.39 is 9.84 Å². The molecule has 2 aromatic carbocycles. The van der Waals surface area contributed by atoms with E-state index in [-0.39, 0.29) is 22.6 Å². The Morgan fingerprint density at radius 2 is 1.89 bits per heavy atom. The summed E-state index contributed by atoms with van der Waals surface area (Å²) in [5.74, 6) is -0.0706. The minimum Gasteiger partial charge on any atom is -0.370 e. The van der Waals surface area contributed by atoms with Gasteiger partial charge in [-0.05, 0) is 68.7 Å². The van der Waals surface area contributed by atoms with E-state index in [0.29, 0.717) is 17.1 Å². The first-order valence-corrected chi connectivity index (χ1v) is 11.5. The molecule has 0 aromatic heterocycles. The summed E-state index contributed by atoms with van der Waals surface area (Å²) < 4.78 is 25.3. The number of anilines is 1. The fraction of sp³-hybridized carbons (Fsp3) is 0.381. The van der Waals surface area contributed by atoms with Crippen LogP contribution in [0, 0.1) is 0 Å². The van der Waals surface area contributed by atoms with E-state index in [9.17, 15) is 13.2 Å². The topological polar surface area (TPSA) is 66.5 Å². The van der Waals surface area contributed by atoms with Crippen LogP contribution >= 0.6 is 11.6 Å². The van der Waals surface area contributed by atoms with Gasteiger partial charge < -0.3 is 10.2 Å². The Balaban J connectivity index is 1.79. The number of carbonyl (C=O) groups is 1. The van der Waals surface area contributed by atoms with Crippen molar-refractivity contribution in [2.75, 3.05) is 23.7 Å². The van der Waals surface area contributed by atoms with Gasteiger partial charge in [0.25, 0.3) is 5.91 Å². The SMILES string of the molecule is CC(C)NC(=O)c1cccc2c1CCCN2CCS(=O)(=O)c1ccc(Cl)cc1. The summed E-state index contributed by atoms with van der Waals surface area (Å²) in [6.45, 7) is 5.02. The van der Waals surface area contributed by atoms with Gasteiger partial charge in [0.1, 0.15) is 0 Å². The molecule has 150 valence electrons. The van der Waals surface area contributed by atoms with Gasteiger partial charge in [-0.25, -0.2) is 8.42 Å². The molecule has 0 fully saturated rings. The fourth-order valence-corrected chi connectivity index (χ4v) is 4.85. The van der Waals surface area contributed by atoms with Crippen molar-refractivity contribution in [1.82, 2.24) is 5.32 Å². The third-order valence-electron chi connectivity index (χ3n) is 4.81. The van der Waals surface area contributed by atoms with Crippen molar-refractivity contribution in [2.24, 2.45) is 0 Å². The average Bonchev–Trinajstić information content (AvgIpc) is 2.65. The highest BCUT2D eigenvalue weighted by Gasteiger charge is 2.24. The predicted molar refractivity (Wildman–Crippen MR) is 113 cm³/mol. The molecule has 7 heteroatoms. The number of hydrogen-bond donors (Lipinski definition) is 1. The lowest BCUT2D eigenvalue weighted by molar-refractivity contribution is 0.0942. The van der Waals surface area contributed by atoms with Crippen LogP contribution < -0.4 is 10.2 Å². The highest BCUT2D eigenvalue weighted by atomic mass is 35.5. The maximum Gasteiger partial charge on any atom is 0.251 e. The molecule has 1 aliphatic rings. The molecule has 0 aliphatic carbocycles. The van der Waals surface area contributed by atoms with Gasteiger partial charge in [-0.15, -0.1) is 0 Å². The smallest absolute Gasteiger partial charge is 0.251 e. The second-order valence-corrected chi connectivity index (χ2v) is 9.84. The van der Waals surface area contributed by atoms with E-state index in [1.54, 1.807) is 12.1 Å². The van der Waals surface area contributed by atoms with E-state index in [1.807, 2.05) is 32.0 Å². The number of sulfone groups is 1. The van der Waals surface area contributed by atoms with Gasteiger partial charge in [-0.2, -0.15) is 0 Å². The maximum atomic E-state index is 12.7.